The van der Waals surface area contributed by atoms with E-state index in [1.54, 1.807) is 12.1 Å². The molecule has 9 heteroatoms. The maximum Gasteiger partial charge on any atom is 0.191 e. The average Bonchev–Trinajstić information content (AvgIpc) is 3.20. The summed E-state index contributed by atoms with van der Waals surface area (Å²) >= 11 is 0. The Labute approximate surface area is 205 Å². The van der Waals surface area contributed by atoms with Crippen LogP contribution in [0.15, 0.2) is 53.7 Å². The summed E-state index contributed by atoms with van der Waals surface area (Å²) in [6.07, 6.45) is 5.85. The molecule has 0 bridgehead atoms. The zero-order valence-corrected chi connectivity index (χ0v) is 20.7. The number of aliphatic imine (C=N–C) groups is 1. The van der Waals surface area contributed by atoms with E-state index in [4.69, 9.17) is 4.99 Å². The number of piperidine rings is 1. The highest BCUT2D eigenvalue weighted by Crippen LogP contribution is 2.20. The third kappa shape index (κ3) is 6.30. The molecule has 3 aromatic rings. The fraction of sp³-hybridized carbons (Fsp3) is 0.435. The van der Waals surface area contributed by atoms with Gasteiger partial charge in [-0.1, -0.05) is 12.1 Å². The minimum absolute atomic E-state index is 0. The largest absolute Gasteiger partial charge is 0.369 e. The molecular formula is C23H31FIN7. The van der Waals surface area contributed by atoms with Crippen molar-refractivity contribution in [3.63, 3.8) is 0 Å². The van der Waals surface area contributed by atoms with Crippen molar-refractivity contribution in [1.29, 1.82) is 0 Å². The smallest absolute Gasteiger partial charge is 0.191 e. The van der Waals surface area contributed by atoms with E-state index in [-0.39, 0.29) is 35.8 Å². The van der Waals surface area contributed by atoms with Crippen molar-refractivity contribution < 1.29 is 4.39 Å². The number of pyridine rings is 1. The van der Waals surface area contributed by atoms with Gasteiger partial charge in [-0.3, -0.25) is 9.39 Å². The highest BCUT2D eigenvalue weighted by Gasteiger charge is 2.21. The van der Waals surface area contributed by atoms with Gasteiger partial charge in [0.1, 0.15) is 11.6 Å². The number of rotatable bonds is 7. The summed E-state index contributed by atoms with van der Waals surface area (Å²) in [4.78, 5) is 7.00. The zero-order chi connectivity index (χ0) is 21.5. The molecule has 3 heterocycles. The summed E-state index contributed by atoms with van der Waals surface area (Å²) < 4.78 is 15.6. The van der Waals surface area contributed by atoms with Crippen LogP contribution in [0.1, 0.15) is 32.0 Å². The second kappa shape index (κ2) is 12.0. The molecule has 2 N–H and O–H groups in total. The van der Waals surface area contributed by atoms with Gasteiger partial charge in [-0.05, 0) is 56.5 Å². The van der Waals surface area contributed by atoms with E-state index >= 15 is 0 Å². The zero-order valence-electron chi connectivity index (χ0n) is 18.4. The third-order valence-corrected chi connectivity index (χ3v) is 5.49. The topological polar surface area (TPSA) is 69.8 Å². The van der Waals surface area contributed by atoms with E-state index in [1.165, 1.54) is 6.07 Å². The van der Waals surface area contributed by atoms with Gasteiger partial charge in [-0.25, -0.2) is 4.39 Å². The molecule has 1 fully saturated rings. The molecule has 172 valence electrons. The molecule has 0 radical (unpaired) electrons. The standard InChI is InChI=1S/C23H30FN7.HI/c1-2-25-23(26-13-6-12-22-29-28-21-11-3-4-15-31(21)22)27-19-9-7-14-30(17-19)20-10-5-8-18(24)16-20;/h3-5,8,10-11,15-16,19H,2,6-7,9,12-14,17H2,1H3,(H2,25,26,27);1H. The Kier molecular flexibility index (Phi) is 9.07. The van der Waals surface area contributed by atoms with E-state index in [9.17, 15) is 4.39 Å². The van der Waals surface area contributed by atoms with Gasteiger partial charge < -0.3 is 15.5 Å². The molecule has 1 atom stereocenters. The third-order valence-electron chi connectivity index (χ3n) is 5.49. The monoisotopic (exact) mass is 551 g/mol. The van der Waals surface area contributed by atoms with Crippen molar-refractivity contribution in [2.75, 3.05) is 31.1 Å². The van der Waals surface area contributed by atoms with Crippen LogP contribution in [-0.2, 0) is 6.42 Å². The number of nitrogens with zero attached hydrogens (tertiary/aromatic N) is 5. The number of hydrogen-bond acceptors (Lipinski definition) is 4. The highest BCUT2D eigenvalue weighted by atomic mass is 127. The Morgan fingerprint density at radius 3 is 2.97 bits per heavy atom. The van der Waals surface area contributed by atoms with Crippen molar-refractivity contribution in [3.8, 4) is 0 Å². The number of nitrogens with one attached hydrogen (secondary N) is 2. The molecule has 0 saturated carbocycles. The number of aryl methyl sites for hydroxylation is 1. The Bertz CT molecular complexity index is 1020. The molecule has 1 saturated heterocycles. The van der Waals surface area contributed by atoms with E-state index in [0.717, 1.165) is 68.4 Å². The SMILES string of the molecule is CCNC(=NCCCc1nnc2ccccn12)NC1CCCN(c2cccc(F)c2)C1.I. The molecule has 7 nitrogen and oxygen atoms in total. The molecule has 32 heavy (non-hydrogen) atoms. The summed E-state index contributed by atoms with van der Waals surface area (Å²) in [5.41, 5.74) is 1.81. The van der Waals surface area contributed by atoms with Crippen LogP contribution in [0.5, 0.6) is 0 Å². The predicted molar refractivity (Wildman–Crippen MR) is 137 cm³/mol. The number of anilines is 1. The Morgan fingerprint density at radius 1 is 1.22 bits per heavy atom. The van der Waals surface area contributed by atoms with Crippen molar-refractivity contribution in [1.82, 2.24) is 25.2 Å². The molecule has 4 rings (SSSR count). The van der Waals surface area contributed by atoms with Gasteiger partial charge in [0.05, 0.1) is 0 Å². The van der Waals surface area contributed by atoms with Gasteiger partial charge >= 0.3 is 0 Å². The van der Waals surface area contributed by atoms with Crippen LogP contribution in [0, 0.1) is 5.82 Å². The maximum atomic E-state index is 13.6. The molecule has 1 aromatic carbocycles. The van der Waals surface area contributed by atoms with Gasteiger partial charge in [0.15, 0.2) is 11.6 Å². The number of guanidine groups is 1. The lowest BCUT2D eigenvalue weighted by Gasteiger charge is -2.35. The molecule has 0 amide bonds. The fourth-order valence-electron chi connectivity index (χ4n) is 4.01. The van der Waals surface area contributed by atoms with Crippen LogP contribution in [0.4, 0.5) is 10.1 Å². The molecule has 1 aliphatic rings. The van der Waals surface area contributed by atoms with Crippen molar-refractivity contribution in [2.24, 2.45) is 4.99 Å². The summed E-state index contributed by atoms with van der Waals surface area (Å²) in [5.74, 6) is 1.60. The number of halogens is 2. The van der Waals surface area contributed by atoms with Crippen LogP contribution in [0.25, 0.3) is 5.65 Å². The number of aromatic nitrogens is 3. The summed E-state index contributed by atoms with van der Waals surface area (Å²) in [6.45, 7) is 5.36. The van der Waals surface area contributed by atoms with Crippen molar-refractivity contribution in [3.05, 3.63) is 60.3 Å². The first-order chi connectivity index (χ1) is 15.2. The second-order valence-corrected chi connectivity index (χ2v) is 7.82. The van der Waals surface area contributed by atoms with Crippen molar-refractivity contribution >= 4 is 41.3 Å². The van der Waals surface area contributed by atoms with E-state index in [1.807, 2.05) is 34.9 Å². The van der Waals surface area contributed by atoms with Gasteiger partial charge in [-0.15, -0.1) is 34.2 Å². The van der Waals surface area contributed by atoms with E-state index in [0.29, 0.717) is 6.54 Å². The first-order valence-electron chi connectivity index (χ1n) is 11.1. The number of hydrogen-bond donors (Lipinski definition) is 2. The maximum absolute atomic E-state index is 13.6. The van der Waals surface area contributed by atoms with Crippen LogP contribution >= 0.6 is 24.0 Å². The van der Waals surface area contributed by atoms with Gasteiger partial charge in [0.25, 0.3) is 0 Å². The minimum atomic E-state index is -0.192. The minimum Gasteiger partial charge on any atom is -0.369 e. The first-order valence-corrected chi connectivity index (χ1v) is 11.1. The lowest BCUT2D eigenvalue weighted by Crippen LogP contribution is -2.51. The lowest BCUT2D eigenvalue weighted by atomic mass is 10.0. The summed E-state index contributed by atoms with van der Waals surface area (Å²) in [7, 11) is 0. The van der Waals surface area contributed by atoms with Crippen LogP contribution < -0.4 is 15.5 Å². The van der Waals surface area contributed by atoms with E-state index in [2.05, 4.69) is 32.7 Å². The number of fused-ring (bicyclic) bond motifs is 1. The molecule has 1 aliphatic heterocycles. The number of benzene rings is 1. The average molecular weight is 551 g/mol. The normalized spacial score (nSPS) is 16.6. The molecule has 0 aliphatic carbocycles. The van der Waals surface area contributed by atoms with Gasteiger partial charge in [0.2, 0.25) is 0 Å². The van der Waals surface area contributed by atoms with Gasteiger partial charge in [-0.2, -0.15) is 0 Å². The summed E-state index contributed by atoms with van der Waals surface area (Å²) in [5, 5.41) is 15.4. The lowest BCUT2D eigenvalue weighted by molar-refractivity contribution is 0.467. The van der Waals surface area contributed by atoms with Crippen LogP contribution in [-0.4, -0.2) is 52.8 Å². The van der Waals surface area contributed by atoms with E-state index < -0.39 is 0 Å². The first kappa shape index (κ1) is 24.2. The Balaban J connectivity index is 0.00000289. The Hall–Kier alpha value is -2.43. The quantitative estimate of drug-likeness (QED) is 0.203. The molecule has 2 aromatic heterocycles. The highest BCUT2D eigenvalue weighted by molar-refractivity contribution is 14.0. The van der Waals surface area contributed by atoms with Crippen molar-refractivity contribution in [2.45, 2.75) is 38.6 Å². The molecular weight excluding hydrogens is 520 g/mol. The second-order valence-electron chi connectivity index (χ2n) is 7.82. The van der Waals surface area contributed by atoms with Gasteiger partial charge in [0, 0.05) is 50.5 Å². The van der Waals surface area contributed by atoms with Crippen LogP contribution in [0.3, 0.4) is 0 Å². The van der Waals surface area contributed by atoms with Crippen LogP contribution in [0.2, 0.25) is 0 Å². The Morgan fingerprint density at radius 2 is 2.12 bits per heavy atom. The summed E-state index contributed by atoms with van der Waals surface area (Å²) in [6, 6.07) is 13.0. The predicted octanol–water partition coefficient (Wildman–Crippen LogP) is 3.64. The fourth-order valence-corrected chi connectivity index (χ4v) is 4.01. The molecule has 1 unspecified atom stereocenters. The molecule has 0 spiro atoms.